The third kappa shape index (κ3) is 3.57. The van der Waals surface area contributed by atoms with Gasteiger partial charge in [0.1, 0.15) is 6.61 Å². The first-order valence-electron chi connectivity index (χ1n) is 5.86. The van der Waals surface area contributed by atoms with Crippen molar-refractivity contribution in [3.8, 4) is 17.6 Å². The van der Waals surface area contributed by atoms with E-state index in [1.165, 1.54) is 11.3 Å². The molecule has 0 spiro atoms. The van der Waals surface area contributed by atoms with Gasteiger partial charge in [0.25, 0.3) is 0 Å². The normalized spacial score (nSPS) is 9.84. The molecule has 0 unspecified atom stereocenters. The number of thiophene rings is 1. The molecule has 2 aromatic rings. The van der Waals surface area contributed by atoms with Crippen LogP contribution in [0.5, 0.6) is 5.75 Å². The van der Waals surface area contributed by atoms with Gasteiger partial charge >= 0.3 is 0 Å². The fraction of sp³-hybridized carbons (Fsp3) is 0.200. The minimum Gasteiger partial charge on any atom is -0.485 e. The highest BCUT2D eigenvalue weighted by molar-refractivity contribution is 7.12. The smallest absolute Gasteiger partial charge is 0.167 e. The van der Waals surface area contributed by atoms with Crippen LogP contribution in [0, 0.1) is 24.6 Å². The molecule has 0 saturated heterocycles. The van der Waals surface area contributed by atoms with Crippen molar-refractivity contribution in [3.05, 3.63) is 51.5 Å². The summed E-state index contributed by atoms with van der Waals surface area (Å²) >= 11 is 1.53. The molecule has 0 saturated carbocycles. The maximum absolute atomic E-state index is 13.7. The van der Waals surface area contributed by atoms with Gasteiger partial charge in [0.2, 0.25) is 0 Å². The Morgan fingerprint density at radius 2 is 2.16 bits per heavy atom. The van der Waals surface area contributed by atoms with Crippen molar-refractivity contribution in [2.75, 3.05) is 6.54 Å². The van der Waals surface area contributed by atoms with Crippen molar-refractivity contribution < 1.29 is 9.13 Å². The van der Waals surface area contributed by atoms with Gasteiger partial charge in [-0.1, -0.05) is 24.0 Å². The number of nitrogens with two attached hydrogens (primary N) is 1. The summed E-state index contributed by atoms with van der Waals surface area (Å²) in [7, 11) is 0. The summed E-state index contributed by atoms with van der Waals surface area (Å²) in [5.41, 5.74) is 5.89. The molecule has 2 rings (SSSR count). The Bertz CT molecular complexity index is 625. The zero-order valence-electron chi connectivity index (χ0n) is 10.6. The van der Waals surface area contributed by atoms with Crippen LogP contribution in [0.15, 0.2) is 30.3 Å². The van der Waals surface area contributed by atoms with Crippen LogP contribution >= 0.6 is 11.3 Å². The summed E-state index contributed by atoms with van der Waals surface area (Å²) in [6.45, 7) is 2.40. The van der Waals surface area contributed by atoms with Crippen LogP contribution in [0.4, 0.5) is 4.39 Å². The maximum Gasteiger partial charge on any atom is 0.167 e. The molecule has 1 heterocycles. The Morgan fingerprint density at radius 1 is 1.32 bits per heavy atom. The van der Waals surface area contributed by atoms with E-state index in [1.54, 1.807) is 25.1 Å². The first kappa shape index (κ1) is 13.6. The van der Waals surface area contributed by atoms with Gasteiger partial charge in [0.15, 0.2) is 11.6 Å². The van der Waals surface area contributed by atoms with Crippen LogP contribution in [0.3, 0.4) is 0 Å². The summed E-state index contributed by atoms with van der Waals surface area (Å²) in [6, 6.07) is 8.97. The molecule has 98 valence electrons. The number of ether oxygens (including phenoxy) is 1. The lowest BCUT2D eigenvalue weighted by Crippen LogP contribution is -1.96. The number of hydrogen-bond donors (Lipinski definition) is 1. The molecule has 0 fully saturated rings. The van der Waals surface area contributed by atoms with E-state index >= 15 is 0 Å². The van der Waals surface area contributed by atoms with Gasteiger partial charge < -0.3 is 10.5 Å². The van der Waals surface area contributed by atoms with Gasteiger partial charge in [0.05, 0.1) is 11.4 Å². The van der Waals surface area contributed by atoms with Gasteiger partial charge in [-0.25, -0.2) is 4.39 Å². The molecule has 2 N–H and O–H groups in total. The minimum absolute atomic E-state index is 0.281. The van der Waals surface area contributed by atoms with E-state index < -0.39 is 0 Å². The summed E-state index contributed by atoms with van der Waals surface area (Å²) < 4.78 is 19.2. The standard InChI is InChI=1S/C15H14FNOS/c1-11-4-2-6-14(15(11)16)18-10-13-8-7-12(19-13)5-3-9-17/h2,4,6-8H,9-10,17H2,1H3. The molecule has 0 bridgehead atoms. The second kappa shape index (κ2) is 6.37. The van der Waals surface area contributed by atoms with Crippen LogP contribution < -0.4 is 10.5 Å². The molecular weight excluding hydrogens is 261 g/mol. The third-order valence-electron chi connectivity index (χ3n) is 2.50. The first-order chi connectivity index (χ1) is 9.20. The number of halogens is 1. The van der Waals surface area contributed by atoms with Crippen molar-refractivity contribution >= 4 is 11.3 Å². The summed E-state index contributed by atoms with van der Waals surface area (Å²) in [4.78, 5) is 1.94. The van der Waals surface area contributed by atoms with Crippen molar-refractivity contribution in [3.63, 3.8) is 0 Å². The van der Waals surface area contributed by atoms with Gasteiger partial charge in [-0.05, 0) is 30.7 Å². The monoisotopic (exact) mass is 275 g/mol. The fourth-order valence-corrected chi connectivity index (χ4v) is 2.34. The summed E-state index contributed by atoms with van der Waals surface area (Å²) in [5, 5.41) is 0. The van der Waals surface area contributed by atoms with E-state index in [4.69, 9.17) is 10.5 Å². The zero-order chi connectivity index (χ0) is 13.7. The molecule has 1 aromatic carbocycles. The molecular formula is C15H14FNOS. The molecule has 0 aliphatic carbocycles. The predicted molar refractivity (Wildman–Crippen MR) is 75.7 cm³/mol. The lowest BCUT2D eigenvalue weighted by Gasteiger charge is -2.06. The van der Waals surface area contributed by atoms with Crippen LogP contribution in [0.1, 0.15) is 15.3 Å². The quantitative estimate of drug-likeness (QED) is 0.874. The summed E-state index contributed by atoms with van der Waals surface area (Å²) in [6.07, 6.45) is 0. The molecule has 1 aromatic heterocycles. The van der Waals surface area contributed by atoms with Crippen molar-refractivity contribution in [2.24, 2.45) is 5.73 Å². The van der Waals surface area contributed by atoms with Crippen LogP contribution in [-0.4, -0.2) is 6.54 Å². The lowest BCUT2D eigenvalue weighted by atomic mass is 10.2. The Morgan fingerprint density at radius 3 is 2.95 bits per heavy atom. The number of benzene rings is 1. The Balaban J connectivity index is 2.02. The van der Waals surface area contributed by atoms with Crippen LogP contribution in [0.25, 0.3) is 0 Å². The molecule has 19 heavy (non-hydrogen) atoms. The largest absolute Gasteiger partial charge is 0.485 e. The SMILES string of the molecule is Cc1cccc(OCc2ccc(C#CCN)s2)c1F. The van der Waals surface area contributed by atoms with E-state index in [0.29, 0.717) is 18.7 Å². The van der Waals surface area contributed by atoms with Crippen LogP contribution in [-0.2, 0) is 6.61 Å². The Kier molecular flexibility index (Phi) is 4.56. The highest BCUT2D eigenvalue weighted by Crippen LogP contribution is 2.22. The second-order valence-electron chi connectivity index (χ2n) is 3.95. The van der Waals surface area contributed by atoms with E-state index in [0.717, 1.165) is 9.75 Å². The van der Waals surface area contributed by atoms with Crippen molar-refractivity contribution in [2.45, 2.75) is 13.5 Å². The number of hydrogen-bond acceptors (Lipinski definition) is 3. The second-order valence-corrected chi connectivity index (χ2v) is 5.12. The highest BCUT2D eigenvalue weighted by Gasteiger charge is 2.06. The fourth-order valence-electron chi connectivity index (χ4n) is 1.54. The predicted octanol–water partition coefficient (Wildman–Crippen LogP) is 3.08. The van der Waals surface area contributed by atoms with Crippen LogP contribution in [0.2, 0.25) is 0 Å². The lowest BCUT2D eigenvalue weighted by molar-refractivity contribution is 0.293. The average molecular weight is 275 g/mol. The highest BCUT2D eigenvalue weighted by atomic mass is 32.1. The number of aryl methyl sites for hydroxylation is 1. The molecule has 4 heteroatoms. The van der Waals surface area contributed by atoms with Gasteiger partial charge in [-0.15, -0.1) is 11.3 Å². The van der Waals surface area contributed by atoms with Crippen molar-refractivity contribution in [1.29, 1.82) is 0 Å². The molecule has 0 aliphatic rings. The molecule has 0 atom stereocenters. The van der Waals surface area contributed by atoms with E-state index in [9.17, 15) is 4.39 Å². The van der Waals surface area contributed by atoms with Gasteiger partial charge in [0, 0.05) is 4.88 Å². The molecule has 0 radical (unpaired) electrons. The minimum atomic E-state index is -0.304. The van der Waals surface area contributed by atoms with E-state index in [-0.39, 0.29) is 11.6 Å². The molecule has 2 nitrogen and oxygen atoms in total. The maximum atomic E-state index is 13.7. The Labute approximate surface area is 116 Å². The zero-order valence-corrected chi connectivity index (χ0v) is 11.4. The summed E-state index contributed by atoms with van der Waals surface area (Å²) in [5.74, 6) is 5.73. The topological polar surface area (TPSA) is 35.2 Å². The average Bonchev–Trinajstić information content (AvgIpc) is 2.86. The Hall–Kier alpha value is -1.83. The molecule has 0 aliphatic heterocycles. The van der Waals surface area contributed by atoms with Gasteiger partial charge in [-0.3, -0.25) is 0 Å². The van der Waals surface area contributed by atoms with Crippen molar-refractivity contribution in [1.82, 2.24) is 0 Å². The number of rotatable bonds is 3. The van der Waals surface area contributed by atoms with Gasteiger partial charge in [-0.2, -0.15) is 0 Å². The first-order valence-corrected chi connectivity index (χ1v) is 6.68. The van der Waals surface area contributed by atoms with E-state index in [2.05, 4.69) is 11.8 Å². The third-order valence-corrected chi connectivity index (χ3v) is 3.48. The van der Waals surface area contributed by atoms with E-state index in [1.807, 2.05) is 12.1 Å². The molecule has 0 amide bonds.